The van der Waals surface area contributed by atoms with E-state index >= 15 is 0 Å². The predicted octanol–water partition coefficient (Wildman–Crippen LogP) is 2.54. The largest absolute Gasteiger partial charge is 0.478 e. The van der Waals surface area contributed by atoms with Gasteiger partial charge in [-0.05, 0) is 49.2 Å². The molecule has 0 atom stereocenters. The van der Waals surface area contributed by atoms with Gasteiger partial charge in [-0.3, -0.25) is 4.79 Å². The van der Waals surface area contributed by atoms with Crippen LogP contribution in [0.4, 0.5) is 11.4 Å². The van der Waals surface area contributed by atoms with Crippen LogP contribution in [0.15, 0.2) is 36.4 Å². The third-order valence-electron chi connectivity index (χ3n) is 3.23. The first-order chi connectivity index (χ1) is 11.3. The van der Waals surface area contributed by atoms with Crippen molar-refractivity contribution in [2.75, 3.05) is 11.1 Å². The summed E-state index contributed by atoms with van der Waals surface area (Å²) < 4.78 is 0. The van der Waals surface area contributed by atoms with Crippen LogP contribution in [0, 0.1) is 13.8 Å². The number of carbonyl (C=O) groups excluding carboxylic acids is 1. The summed E-state index contributed by atoms with van der Waals surface area (Å²) in [5.74, 6) is -1.95. The van der Waals surface area contributed by atoms with Crippen molar-refractivity contribution in [2.24, 2.45) is 0 Å². The van der Waals surface area contributed by atoms with Gasteiger partial charge >= 0.3 is 11.9 Å². The number of aromatic carboxylic acids is 2. The van der Waals surface area contributed by atoms with Gasteiger partial charge in [-0.1, -0.05) is 12.1 Å². The van der Waals surface area contributed by atoms with Crippen LogP contribution in [0.5, 0.6) is 0 Å². The number of hydrogen-bond donors (Lipinski definition) is 4. The summed E-state index contributed by atoms with van der Waals surface area (Å²) in [6.07, 6.45) is 0.522. The highest BCUT2D eigenvalue weighted by Crippen LogP contribution is 2.16. The number of amides is 1. The van der Waals surface area contributed by atoms with Crippen molar-refractivity contribution in [2.45, 2.75) is 13.8 Å². The molecule has 0 aliphatic heterocycles. The lowest BCUT2D eigenvalue weighted by molar-refractivity contribution is -0.105. The molecule has 0 bridgehead atoms. The van der Waals surface area contributed by atoms with Crippen LogP contribution in [0.3, 0.4) is 0 Å². The third kappa shape index (κ3) is 5.13. The molecule has 0 fully saturated rings. The van der Waals surface area contributed by atoms with Crippen LogP contribution >= 0.6 is 0 Å². The molecule has 2 aromatic carbocycles. The molecule has 7 heteroatoms. The Labute approximate surface area is 138 Å². The molecule has 0 aromatic heterocycles. The van der Waals surface area contributed by atoms with E-state index in [4.69, 9.17) is 15.9 Å². The minimum Gasteiger partial charge on any atom is -0.478 e. The molecule has 2 rings (SSSR count). The van der Waals surface area contributed by atoms with E-state index in [-0.39, 0.29) is 11.1 Å². The second-order valence-electron chi connectivity index (χ2n) is 4.97. The van der Waals surface area contributed by atoms with E-state index in [0.717, 1.165) is 11.1 Å². The molecule has 0 aliphatic rings. The number of benzene rings is 2. The summed E-state index contributed by atoms with van der Waals surface area (Å²) in [7, 11) is 0. The van der Waals surface area contributed by atoms with Crippen LogP contribution < -0.4 is 11.1 Å². The lowest BCUT2D eigenvalue weighted by Crippen LogP contribution is -2.01. The Morgan fingerprint density at radius 2 is 1.46 bits per heavy atom. The molecule has 24 heavy (non-hydrogen) atoms. The molecule has 0 unspecified atom stereocenters. The zero-order valence-corrected chi connectivity index (χ0v) is 13.2. The van der Waals surface area contributed by atoms with Gasteiger partial charge in [-0.25, -0.2) is 9.59 Å². The van der Waals surface area contributed by atoms with Gasteiger partial charge in [0.1, 0.15) is 0 Å². The van der Waals surface area contributed by atoms with E-state index in [9.17, 15) is 14.4 Å². The van der Waals surface area contributed by atoms with E-state index < -0.39 is 11.9 Å². The molecular weight excluding hydrogens is 312 g/mol. The van der Waals surface area contributed by atoms with Crippen molar-refractivity contribution >= 4 is 29.7 Å². The zero-order chi connectivity index (χ0) is 18.3. The average Bonchev–Trinajstić information content (AvgIpc) is 2.52. The summed E-state index contributed by atoms with van der Waals surface area (Å²) in [5.41, 5.74) is 8.66. The summed E-state index contributed by atoms with van der Waals surface area (Å²) in [4.78, 5) is 31.1. The first kappa shape index (κ1) is 18.7. The van der Waals surface area contributed by atoms with Gasteiger partial charge in [-0.2, -0.15) is 0 Å². The second kappa shape index (κ2) is 8.33. The molecule has 0 saturated heterocycles. The lowest BCUT2D eigenvalue weighted by Gasteiger charge is -2.04. The topological polar surface area (TPSA) is 130 Å². The summed E-state index contributed by atoms with van der Waals surface area (Å²) >= 11 is 0. The Morgan fingerprint density at radius 1 is 0.958 bits per heavy atom. The Morgan fingerprint density at radius 3 is 1.92 bits per heavy atom. The first-order valence-corrected chi connectivity index (χ1v) is 6.89. The third-order valence-corrected chi connectivity index (χ3v) is 3.23. The van der Waals surface area contributed by atoms with Crippen LogP contribution in [0.2, 0.25) is 0 Å². The SMILES string of the molecule is Cc1ccc(C(=O)O)cc1N.Cc1ccc(C(=O)O)cc1NC=O. The monoisotopic (exact) mass is 330 g/mol. The van der Waals surface area contributed by atoms with E-state index in [1.807, 2.05) is 6.92 Å². The van der Waals surface area contributed by atoms with Crippen molar-refractivity contribution in [1.82, 2.24) is 0 Å². The number of hydrogen-bond acceptors (Lipinski definition) is 4. The van der Waals surface area contributed by atoms with Crippen LogP contribution in [-0.2, 0) is 4.79 Å². The maximum absolute atomic E-state index is 10.6. The molecule has 1 amide bonds. The van der Waals surface area contributed by atoms with Gasteiger partial charge in [-0.15, -0.1) is 0 Å². The number of carboxylic acids is 2. The van der Waals surface area contributed by atoms with Gasteiger partial charge < -0.3 is 21.3 Å². The summed E-state index contributed by atoms with van der Waals surface area (Å²) in [6, 6.07) is 9.25. The van der Waals surface area contributed by atoms with Crippen LogP contribution in [0.25, 0.3) is 0 Å². The molecular formula is C17H18N2O5. The minimum atomic E-state index is -1.01. The van der Waals surface area contributed by atoms with Crippen molar-refractivity contribution in [3.8, 4) is 0 Å². The fourth-order valence-electron chi connectivity index (χ4n) is 1.75. The Hall–Kier alpha value is -3.35. The second-order valence-corrected chi connectivity index (χ2v) is 4.97. The summed E-state index contributed by atoms with van der Waals surface area (Å²) in [5, 5.41) is 19.6. The average molecular weight is 330 g/mol. The Bertz CT molecular complexity index is 772. The van der Waals surface area contributed by atoms with Crippen molar-refractivity contribution < 1.29 is 24.6 Å². The van der Waals surface area contributed by atoms with Gasteiger partial charge in [0.15, 0.2) is 0 Å². The smallest absolute Gasteiger partial charge is 0.335 e. The number of nitrogens with one attached hydrogen (secondary N) is 1. The number of aryl methyl sites for hydroxylation is 2. The number of carbonyl (C=O) groups is 3. The molecule has 5 N–H and O–H groups in total. The highest BCUT2D eigenvalue weighted by atomic mass is 16.4. The minimum absolute atomic E-state index is 0.162. The number of nitrogen functional groups attached to an aromatic ring is 1. The molecule has 0 heterocycles. The van der Waals surface area contributed by atoms with E-state index in [1.54, 1.807) is 19.1 Å². The first-order valence-electron chi connectivity index (χ1n) is 6.89. The highest BCUT2D eigenvalue weighted by molar-refractivity contribution is 5.90. The van der Waals surface area contributed by atoms with Gasteiger partial charge in [0.2, 0.25) is 6.41 Å². The highest BCUT2D eigenvalue weighted by Gasteiger charge is 2.05. The Kier molecular flexibility index (Phi) is 6.49. The van der Waals surface area contributed by atoms with Gasteiger partial charge in [0.05, 0.1) is 11.1 Å². The number of anilines is 2. The van der Waals surface area contributed by atoms with E-state index in [2.05, 4.69) is 5.32 Å². The predicted molar refractivity (Wildman–Crippen MR) is 90.4 cm³/mol. The molecule has 0 aliphatic carbocycles. The zero-order valence-electron chi connectivity index (χ0n) is 13.2. The molecule has 7 nitrogen and oxygen atoms in total. The molecule has 0 radical (unpaired) electrons. The van der Waals surface area contributed by atoms with Gasteiger partial charge in [0.25, 0.3) is 0 Å². The molecule has 2 aromatic rings. The van der Waals surface area contributed by atoms with Crippen LogP contribution in [-0.4, -0.2) is 28.6 Å². The van der Waals surface area contributed by atoms with Crippen molar-refractivity contribution in [3.63, 3.8) is 0 Å². The number of rotatable bonds is 4. The van der Waals surface area contributed by atoms with Crippen molar-refractivity contribution in [1.29, 1.82) is 0 Å². The maximum Gasteiger partial charge on any atom is 0.335 e. The van der Waals surface area contributed by atoms with Crippen molar-refractivity contribution in [3.05, 3.63) is 58.7 Å². The standard InChI is InChI=1S/C9H9NO3.C8H9NO2/c1-6-2-3-7(9(12)13)4-8(6)10-5-11;1-5-2-3-6(8(10)11)4-7(5)9/h2-5H,1H3,(H,10,11)(H,12,13);2-4H,9H2,1H3,(H,10,11). The lowest BCUT2D eigenvalue weighted by atomic mass is 10.1. The number of nitrogens with two attached hydrogens (primary N) is 1. The van der Waals surface area contributed by atoms with E-state index in [0.29, 0.717) is 17.8 Å². The van der Waals surface area contributed by atoms with E-state index in [1.165, 1.54) is 24.3 Å². The normalized spacial score (nSPS) is 9.42. The quantitative estimate of drug-likeness (QED) is 0.503. The molecule has 0 spiro atoms. The number of carboxylic acid groups (broad SMARTS) is 2. The molecule has 126 valence electrons. The Balaban J connectivity index is 0.000000243. The van der Waals surface area contributed by atoms with Crippen LogP contribution in [0.1, 0.15) is 31.8 Å². The summed E-state index contributed by atoms with van der Waals surface area (Å²) in [6.45, 7) is 3.62. The fourth-order valence-corrected chi connectivity index (χ4v) is 1.75. The van der Waals surface area contributed by atoms with Gasteiger partial charge in [0, 0.05) is 11.4 Å². The fraction of sp³-hybridized carbons (Fsp3) is 0.118. The molecule has 0 saturated carbocycles. The maximum atomic E-state index is 10.6.